The molecule has 35 heavy (non-hydrogen) atoms. The number of carbonyl (C=O) groups is 1. The second-order valence-electron chi connectivity index (χ2n) is 10.2. The zero-order chi connectivity index (χ0) is 24.2. The van der Waals surface area contributed by atoms with Crippen molar-refractivity contribution < 1.29 is 9.53 Å². The number of amides is 1. The molecule has 1 aliphatic carbocycles. The number of nitrogens with zero attached hydrogens (tertiary/aromatic N) is 1. The van der Waals surface area contributed by atoms with E-state index in [1.165, 1.54) is 43.2 Å². The molecule has 0 saturated heterocycles. The van der Waals surface area contributed by atoms with Gasteiger partial charge in [-0.15, -0.1) is 0 Å². The average molecular weight is 468 g/mol. The van der Waals surface area contributed by atoms with Gasteiger partial charge in [0, 0.05) is 0 Å². The van der Waals surface area contributed by atoms with Crippen LogP contribution in [0.4, 0.5) is 5.69 Å². The third-order valence-corrected chi connectivity index (χ3v) is 8.02. The Labute approximate surface area is 210 Å². The average Bonchev–Trinajstić information content (AvgIpc) is 2.92. The molecule has 1 heterocycles. The summed E-state index contributed by atoms with van der Waals surface area (Å²) in [5, 5.41) is 0. The van der Waals surface area contributed by atoms with Gasteiger partial charge in [-0.1, -0.05) is 80.9 Å². The SMILES string of the molecule is CCC1CCC(c2ccc(-c3ccc4c(c3)OC(CC)CN4C(=O)Cc3ccccc3)cc2)CC1. The highest BCUT2D eigenvalue weighted by molar-refractivity contribution is 5.97. The van der Waals surface area contributed by atoms with Crippen molar-refractivity contribution in [3.63, 3.8) is 0 Å². The van der Waals surface area contributed by atoms with Crippen molar-refractivity contribution in [1.82, 2.24) is 0 Å². The number of rotatable bonds is 6. The summed E-state index contributed by atoms with van der Waals surface area (Å²) in [6, 6.07) is 25.4. The van der Waals surface area contributed by atoms with E-state index in [0.29, 0.717) is 18.9 Å². The summed E-state index contributed by atoms with van der Waals surface area (Å²) in [4.78, 5) is 15.2. The molecule has 1 unspecified atom stereocenters. The van der Waals surface area contributed by atoms with Crippen molar-refractivity contribution >= 4 is 11.6 Å². The van der Waals surface area contributed by atoms with Crippen LogP contribution in [0.25, 0.3) is 11.1 Å². The molecule has 3 aromatic rings. The molecular formula is C32H37NO2. The molecule has 182 valence electrons. The van der Waals surface area contributed by atoms with Gasteiger partial charge in [0.05, 0.1) is 18.7 Å². The summed E-state index contributed by atoms with van der Waals surface area (Å²) < 4.78 is 6.32. The normalized spacial score (nSPS) is 21.8. The van der Waals surface area contributed by atoms with Crippen molar-refractivity contribution in [2.75, 3.05) is 11.4 Å². The Morgan fingerprint density at radius 2 is 1.57 bits per heavy atom. The Morgan fingerprint density at radius 1 is 0.857 bits per heavy atom. The van der Waals surface area contributed by atoms with Crippen LogP contribution in [0.1, 0.15) is 69.4 Å². The molecule has 3 aromatic carbocycles. The molecule has 0 aromatic heterocycles. The van der Waals surface area contributed by atoms with E-state index in [1.807, 2.05) is 35.2 Å². The van der Waals surface area contributed by atoms with Crippen molar-refractivity contribution in [2.45, 2.75) is 70.8 Å². The van der Waals surface area contributed by atoms with Gasteiger partial charge in [-0.3, -0.25) is 4.79 Å². The van der Waals surface area contributed by atoms with Crippen LogP contribution in [0.15, 0.2) is 72.8 Å². The molecular weight excluding hydrogens is 430 g/mol. The topological polar surface area (TPSA) is 29.5 Å². The zero-order valence-corrected chi connectivity index (χ0v) is 21.1. The van der Waals surface area contributed by atoms with E-state index in [-0.39, 0.29) is 12.0 Å². The van der Waals surface area contributed by atoms with Gasteiger partial charge < -0.3 is 9.64 Å². The van der Waals surface area contributed by atoms with Gasteiger partial charge in [0.2, 0.25) is 5.91 Å². The van der Waals surface area contributed by atoms with Crippen LogP contribution in [0.5, 0.6) is 5.75 Å². The van der Waals surface area contributed by atoms with E-state index >= 15 is 0 Å². The minimum absolute atomic E-state index is 0.0121. The lowest BCUT2D eigenvalue weighted by atomic mass is 9.77. The van der Waals surface area contributed by atoms with E-state index in [1.54, 1.807) is 0 Å². The molecule has 1 saturated carbocycles. The Balaban J connectivity index is 1.35. The number of anilines is 1. The molecule has 1 atom stereocenters. The lowest BCUT2D eigenvalue weighted by molar-refractivity contribution is -0.118. The molecule has 0 N–H and O–H groups in total. The van der Waals surface area contributed by atoms with Crippen molar-refractivity contribution in [1.29, 1.82) is 0 Å². The summed E-state index contributed by atoms with van der Waals surface area (Å²) in [6.07, 6.45) is 7.96. The first-order chi connectivity index (χ1) is 17.1. The van der Waals surface area contributed by atoms with E-state index in [2.05, 4.69) is 56.3 Å². The molecule has 5 rings (SSSR count). The number of hydrogen-bond donors (Lipinski definition) is 0. The second kappa shape index (κ2) is 10.7. The maximum Gasteiger partial charge on any atom is 0.231 e. The maximum absolute atomic E-state index is 13.2. The minimum Gasteiger partial charge on any atom is -0.486 e. The van der Waals surface area contributed by atoms with Gasteiger partial charge in [0.15, 0.2) is 0 Å². The highest BCUT2D eigenvalue weighted by atomic mass is 16.5. The molecule has 1 fully saturated rings. The molecule has 2 aliphatic rings. The largest absolute Gasteiger partial charge is 0.486 e. The lowest BCUT2D eigenvalue weighted by Gasteiger charge is -2.35. The molecule has 3 nitrogen and oxygen atoms in total. The summed E-state index contributed by atoms with van der Waals surface area (Å²) in [7, 11) is 0. The number of ether oxygens (including phenoxy) is 1. The van der Waals surface area contributed by atoms with Crippen LogP contribution >= 0.6 is 0 Å². The van der Waals surface area contributed by atoms with Crippen molar-refractivity contribution in [3.05, 3.63) is 83.9 Å². The Hall–Kier alpha value is -3.07. The van der Waals surface area contributed by atoms with Crippen molar-refractivity contribution in [2.24, 2.45) is 5.92 Å². The van der Waals surface area contributed by atoms with Gasteiger partial charge >= 0.3 is 0 Å². The first kappa shape index (κ1) is 23.7. The molecule has 0 spiro atoms. The molecule has 0 bridgehead atoms. The standard InChI is InChI=1S/C32H37NO2/c1-3-23-10-12-25(13-11-23)26-14-16-27(17-15-26)28-18-19-30-31(21-28)35-29(4-2)22-33(30)32(34)20-24-8-6-5-7-9-24/h5-9,14-19,21,23,25,29H,3-4,10-13,20,22H2,1-2H3. The van der Waals surface area contributed by atoms with Crippen molar-refractivity contribution in [3.8, 4) is 16.9 Å². The van der Waals surface area contributed by atoms with Crippen LogP contribution in [0.3, 0.4) is 0 Å². The minimum atomic E-state index is 0.0121. The van der Waals surface area contributed by atoms with Gasteiger partial charge in [0.25, 0.3) is 0 Å². The third kappa shape index (κ3) is 5.29. The lowest BCUT2D eigenvalue weighted by Crippen LogP contribution is -2.44. The fraction of sp³-hybridized carbons (Fsp3) is 0.406. The molecule has 1 aliphatic heterocycles. The Morgan fingerprint density at radius 3 is 2.26 bits per heavy atom. The first-order valence-corrected chi connectivity index (χ1v) is 13.4. The van der Waals surface area contributed by atoms with E-state index in [9.17, 15) is 4.79 Å². The summed E-state index contributed by atoms with van der Waals surface area (Å²) in [5.41, 5.74) is 5.73. The number of carbonyl (C=O) groups excluding carboxylic acids is 1. The van der Waals surface area contributed by atoms with Crippen LogP contribution in [-0.2, 0) is 11.2 Å². The van der Waals surface area contributed by atoms with Crippen LogP contribution < -0.4 is 9.64 Å². The molecule has 0 radical (unpaired) electrons. The highest BCUT2D eigenvalue weighted by Crippen LogP contribution is 2.40. The summed E-state index contributed by atoms with van der Waals surface area (Å²) >= 11 is 0. The Bertz CT molecular complexity index is 1130. The van der Waals surface area contributed by atoms with Crippen LogP contribution in [-0.4, -0.2) is 18.6 Å². The third-order valence-electron chi connectivity index (χ3n) is 8.02. The van der Waals surface area contributed by atoms with Crippen LogP contribution in [0, 0.1) is 5.92 Å². The fourth-order valence-corrected chi connectivity index (χ4v) is 5.70. The molecule has 1 amide bonds. The van der Waals surface area contributed by atoms with E-state index in [4.69, 9.17) is 4.74 Å². The quantitative estimate of drug-likeness (QED) is 0.370. The summed E-state index contributed by atoms with van der Waals surface area (Å²) in [6.45, 7) is 5.04. The smallest absolute Gasteiger partial charge is 0.231 e. The van der Waals surface area contributed by atoms with E-state index in [0.717, 1.165) is 34.9 Å². The zero-order valence-electron chi connectivity index (χ0n) is 21.1. The second-order valence-corrected chi connectivity index (χ2v) is 10.2. The predicted molar refractivity (Wildman–Crippen MR) is 144 cm³/mol. The Kier molecular flexibility index (Phi) is 7.22. The van der Waals surface area contributed by atoms with E-state index < -0.39 is 0 Å². The van der Waals surface area contributed by atoms with Gasteiger partial charge in [-0.2, -0.15) is 0 Å². The monoisotopic (exact) mass is 467 g/mol. The number of fused-ring (bicyclic) bond motifs is 1. The summed E-state index contributed by atoms with van der Waals surface area (Å²) in [5.74, 6) is 2.55. The maximum atomic E-state index is 13.2. The molecule has 3 heteroatoms. The van der Waals surface area contributed by atoms with Gasteiger partial charge in [-0.05, 0) is 78.3 Å². The number of hydrogen-bond acceptors (Lipinski definition) is 2. The highest BCUT2D eigenvalue weighted by Gasteiger charge is 2.29. The predicted octanol–water partition coefficient (Wildman–Crippen LogP) is 7.78. The van der Waals surface area contributed by atoms with Gasteiger partial charge in [0.1, 0.15) is 11.9 Å². The number of benzene rings is 3. The van der Waals surface area contributed by atoms with Crippen LogP contribution in [0.2, 0.25) is 0 Å². The first-order valence-electron chi connectivity index (χ1n) is 13.4. The fourth-order valence-electron chi connectivity index (χ4n) is 5.70. The van der Waals surface area contributed by atoms with Gasteiger partial charge in [-0.25, -0.2) is 0 Å².